The molecule has 0 fully saturated rings. The lowest BCUT2D eigenvalue weighted by Crippen LogP contribution is -2.00. The van der Waals surface area contributed by atoms with Crippen LogP contribution >= 0.6 is 0 Å². The Morgan fingerprint density at radius 3 is 1.37 bits per heavy atom. The molecule has 0 amide bonds. The molecule has 0 radical (unpaired) electrons. The monoisotopic (exact) mass is 286 g/mol. The van der Waals surface area contributed by atoms with Gasteiger partial charge in [0, 0.05) is 40.3 Å². The normalized spacial score (nSPS) is 10.2. The van der Waals surface area contributed by atoms with Crippen LogP contribution in [0.1, 0.15) is 25.7 Å². The van der Waals surface area contributed by atoms with Crippen LogP contribution in [0.25, 0.3) is 0 Å². The van der Waals surface area contributed by atoms with Crippen molar-refractivity contribution < 1.29 is 31.8 Å². The van der Waals surface area contributed by atoms with Gasteiger partial charge in [0.15, 0.2) is 11.5 Å². The van der Waals surface area contributed by atoms with E-state index in [0.29, 0.717) is 0 Å². The molecular weight excluding hydrogens is 268 g/mol. The van der Waals surface area contributed by atoms with Crippen LogP contribution in [0.4, 0.5) is 17.6 Å². The minimum absolute atomic E-state index is 0.156. The molecule has 0 N–H and O–H groups in total. The maximum atomic E-state index is 12.6. The predicted octanol–water partition coefficient (Wildman–Crippen LogP) is 4.07. The van der Waals surface area contributed by atoms with Crippen LogP contribution in [-0.2, 0) is 14.2 Å². The lowest BCUT2D eigenvalue weighted by atomic mass is 10.2. The maximum Gasteiger partial charge on any atom is 0.308 e. The molecule has 0 aliphatic rings. The Kier molecular flexibility index (Phi) is 10.2. The number of ether oxygens (including phenoxy) is 3. The van der Waals surface area contributed by atoms with Gasteiger partial charge in [-0.2, -0.15) is 17.6 Å². The van der Waals surface area contributed by atoms with Crippen molar-refractivity contribution in [3.63, 3.8) is 0 Å². The Morgan fingerprint density at radius 2 is 1.11 bits per heavy atom. The number of hydrogen-bond acceptors (Lipinski definition) is 3. The average Bonchev–Trinajstić information content (AvgIpc) is 2.35. The molecule has 0 rings (SSSR count). The van der Waals surface area contributed by atoms with E-state index in [-0.39, 0.29) is 38.9 Å². The number of allylic oxidation sites excluding steroid dienone is 2. The van der Waals surface area contributed by atoms with Gasteiger partial charge in [-0.25, -0.2) is 0 Å². The van der Waals surface area contributed by atoms with Crippen LogP contribution in [0.2, 0.25) is 0 Å². The van der Waals surface area contributed by atoms with Gasteiger partial charge in [0.05, 0.1) is 0 Å². The Balaban J connectivity index is 4.52. The van der Waals surface area contributed by atoms with E-state index in [2.05, 4.69) is 4.74 Å². The molecule has 0 aromatic carbocycles. The minimum Gasteiger partial charge on any atom is -0.455 e. The summed E-state index contributed by atoms with van der Waals surface area (Å²) in [5, 5.41) is 0. The van der Waals surface area contributed by atoms with E-state index >= 15 is 0 Å². The van der Waals surface area contributed by atoms with E-state index in [0.717, 1.165) is 0 Å². The standard InChI is InChI=1S/C12H18F4O3/c1-17-7-3-5-9(11(13)14)19-10(12(15)16)6-4-8-18-2/h3-8H2,1-2H3. The van der Waals surface area contributed by atoms with Crippen LogP contribution in [-0.4, -0.2) is 27.4 Å². The molecule has 0 saturated heterocycles. The Labute approximate surface area is 109 Å². The van der Waals surface area contributed by atoms with Crippen LogP contribution < -0.4 is 0 Å². The Morgan fingerprint density at radius 1 is 0.737 bits per heavy atom. The van der Waals surface area contributed by atoms with Crippen molar-refractivity contribution in [2.75, 3.05) is 27.4 Å². The molecule has 0 aromatic rings. The molecule has 0 saturated carbocycles. The summed E-state index contributed by atoms with van der Waals surface area (Å²) in [6.45, 7) is 0.502. The highest BCUT2D eigenvalue weighted by molar-refractivity contribution is 5.03. The summed E-state index contributed by atoms with van der Waals surface area (Å²) in [4.78, 5) is 0. The molecule has 0 bridgehead atoms. The van der Waals surface area contributed by atoms with Crippen molar-refractivity contribution >= 4 is 0 Å². The molecule has 19 heavy (non-hydrogen) atoms. The summed E-state index contributed by atoms with van der Waals surface area (Å²) >= 11 is 0. The Bertz CT molecular complexity index is 278. The van der Waals surface area contributed by atoms with Gasteiger partial charge in [-0.1, -0.05) is 0 Å². The van der Waals surface area contributed by atoms with Gasteiger partial charge in [-0.15, -0.1) is 0 Å². The molecular formula is C12H18F4O3. The van der Waals surface area contributed by atoms with Crippen molar-refractivity contribution in [2.45, 2.75) is 25.7 Å². The fraction of sp³-hybridized carbons (Fsp3) is 0.667. The van der Waals surface area contributed by atoms with Crippen LogP contribution in [0, 0.1) is 0 Å². The third-order valence-electron chi connectivity index (χ3n) is 2.17. The number of methoxy groups -OCH3 is 2. The first-order valence-corrected chi connectivity index (χ1v) is 5.77. The molecule has 3 nitrogen and oxygen atoms in total. The molecule has 0 aliphatic carbocycles. The van der Waals surface area contributed by atoms with Gasteiger partial charge in [0.2, 0.25) is 0 Å². The lowest BCUT2D eigenvalue weighted by molar-refractivity contribution is 0.164. The second kappa shape index (κ2) is 10.8. The highest BCUT2D eigenvalue weighted by Crippen LogP contribution is 2.24. The molecule has 0 aromatic heterocycles. The topological polar surface area (TPSA) is 27.7 Å². The molecule has 0 atom stereocenters. The zero-order chi connectivity index (χ0) is 14.7. The largest absolute Gasteiger partial charge is 0.455 e. The van der Waals surface area contributed by atoms with Gasteiger partial charge in [0.1, 0.15) is 0 Å². The van der Waals surface area contributed by atoms with Crippen molar-refractivity contribution in [3.05, 3.63) is 23.7 Å². The van der Waals surface area contributed by atoms with E-state index in [1.807, 2.05) is 0 Å². The zero-order valence-electron chi connectivity index (χ0n) is 11.0. The smallest absolute Gasteiger partial charge is 0.308 e. The first-order chi connectivity index (χ1) is 9.02. The summed E-state index contributed by atoms with van der Waals surface area (Å²) in [5.74, 6) is -1.48. The molecule has 0 heterocycles. The first kappa shape index (κ1) is 17.9. The van der Waals surface area contributed by atoms with E-state index in [9.17, 15) is 17.6 Å². The SMILES string of the molecule is COCCCC(OC(CCCOC)=C(F)F)=C(F)F. The Hall–Kier alpha value is -1.08. The predicted molar refractivity (Wildman–Crippen MR) is 61.8 cm³/mol. The second-order valence-electron chi connectivity index (χ2n) is 3.66. The zero-order valence-corrected chi connectivity index (χ0v) is 11.0. The van der Waals surface area contributed by atoms with Crippen molar-refractivity contribution in [3.8, 4) is 0 Å². The van der Waals surface area contributed by atoms with Crippen molar-refractivity contribution in [2.24, 2.45) is 0 Å². The third kappa shape index (κ3) is 8.61. The van der Waals surface area contributed by atoms with E-state index in [1.165, 1.54) is 14.2 Å². The highest BCUT2D eigenvalue weighted by atomic mass is 19.3. The molecule has 0 unspecified atom stereocenters. The van der Waals surface area contributed by atoms with Gasteiger partial charge in [0.25, 0.3) is 0 Å². The summed E-state index contributed by atoms with van der Waals surface area (Å²) in [6.07, 6.45) is -3.97. The fourth-order valence-corrected chi connectivity index (χ4v) is 1.27. The van der Waals surface area contributed by atoms with Gasteiger partial charge >= 0.3 is 12.2 Å². The average molecular weight is 286 g/mol. The first-order valence-electron chi connectivity index (χ1n) is 5.77. The van der Waals surface area contributed by atoms with Gasteiger partial charge < -0.3 is 14.2 Å². The number of rotatable bonds is 10. The van der Waals surface area contributed by atoms with Crippen LogP contribution in [0.5, 0.6) is 0 Å². The van der Waals surface area contributed by atoms with E-state index < -0.39 is 23.7 Å². The van der Waals surface area contributed by atoms with Crippen LogP contribution in [0.3, 0.4) is 0 Å². The van der Waals surface area contributed by atoms with Crippen molar-refractivity contribution in [1.29, 1.82) is 0 Å². The van der Waals surface area contributed by atoms with Gasteiger partial charge in [-0.3, -0.25) is 0 Å². The number of halogens is 4. The molecule has 7 heteroatoms. The molecule has 112 valence electrons. The summed E-state index contributed by atoms with van der Waals surface area (Å²) < 4.78 is 64.3. The van der Waals surface area contributed by atoms with Crippen LogP contribution in [0.15, 0.2) is 23.7 Å². The summed E-state index contributed by atoms with van der Waals surface area (Å²) in [7, 11) is 2.85. The minimum atomic E-state index is -2.10. The second-order valence-corrected chi connectivity index (χ2v) is 3.66. The summed E-state index contributed by atoms with van der Waals surface area (Å²) in [6, 6.07) is 0. The van der Waals surface area contributed by atoms with Crippen molar-refractivity contribution in [1.82, 2.24) is 0 Å². The fourth-order valence-electron chi connectivity index (χ4n) is 1.27. The third-order valence-corrected chi connectivity index (χ3v) is 2.17. The highest BCUT2D eigenvalue weighted by Gasteiger charge is 2.15. The quantitative estimate of drug-likeness (QED) is 0.344. The number of hydrogen-bond donors (Lipinski definition) is 0. The molecule has 0 spiro atoms. The summed E-state index contributed by atoms with van der Waals surface area (Å²) in [5.41, 5.74) is 0. The molecule has 0 aliphatic heterocycles. The maximum absolute atomic E-state index is 12.6. The van der Waals surface area contributed by atoms with E-state index in [4.69, 9.17) is 9.47 Å². The lowest BCUT2D eigenvalue weighted by Gasteiger charge is -2.11. The van der Waals surface area contributed by atoms with E-state index in [1.54, 1.807) is 0 Å². The van der Waals surface area contributed by atoms with Gasteiger partial charge in [-0.05, 0) is 12.8 Å².